The van der Waals surface area contributed by atoms with Crippen LogP contribution in [0.5, 0.6) is 0 Å². The molecule has 1 rings (SSSR count). The van der Waals surface area contributed by atoms with Crippen LogP contribution >= 0.6 is 12.2 Å². The summed E-state index contributed by atoms with van der Waals surface area (Å²) in [4.78, 5) is 12.5. The number of ether oxygens (including phenoxy) is 1. The summed E-state index contributed by atoms with van der Waals surface area (Å²) in [6.45, 7) is 6.63. The number of esters is 1. The lowest BCUT2D eigenvalue weighted by Gasteiger charge is -2.34. The second-order valence-electron chi connectivity index (χ2n) is 4.64. The number of carbonyl (C=O) groups is 1. The molecular weight excluding hydrogens is 196 g/mol. The summed E-state index contributed by atoms with van der Waals surface area (Å²) in [6, 6.07) is 0. The fourth-order valence-corrected chi connectivity index (χ4v) is 2.14. The highest BCUT2D eigenvalue weighted by Gasteiger charge is 2.36. The van der Waals surface area contributed by atoms with E-state index in [2.05, 4.69) is 13.8 Å². The number of hydrogen-bond acceptors (Lipinski definition) is 3. The highest BCUT2D eigenvalue weighted by Crippen LogP contribution is 2.37. The van der Waals surface area contributed by atoms with Crippen LogP contribution in [0.1, 0.15) is 40.0 Å². The molecule has 2 nitrogen and oxygen atoms in total. The Labute approximate surface area is 91.0 Å². The lowest BCUT2D eigenvalue weighted by molar-refractivity contribution is -0.146. The quantitative estimate of drug-likeness (QED) is 0.522. The molecule has 0 heterocycles. The van der Waals surface area contributed by atoms with Gasteiger partial charge in [0, 0.05) is 4.86 Å². The standard InChI is InChI=1S/C11H18O2S/c1-4-13-10(12)8-7-11(2,3)6-5-9(8)14/h8H,4-7H2,1-3H3. The Morgan fingerprint density at radius 3 is 2.86 bits per heavy atom. The van der Waals surface area contributed by atoms with Crippen molar-refractivity contribution in [2.75, 3.05) is 6.61 Å². The maximum atomic E-state index is 11.6. The first-order valence-corrected chi connectivity index (χ1v) is 5.56. The van der Waals surface area contributed by atoms with Gasteiger partial charge in [0.1, 0.15) is 0 Å². The van der Waals surface area contributed by atoms with Gasteiger partial charge in [-0.3, -0.25) is 4.79 Å². The van der Waals surface area contributed by atoms with Crippen molar-refractivity contribution < 1.29 is 9.53 Å². The minimum atomic E-state index is -0.145. The van der Waals surface area contributed by atoms with Gasteiger partial charge in [-0.2, -0.15) is 0 Å². The van der Waals surface area contributed by atoms with Gasteiger partial charge < -0.3 is 4.74 Å². The first-order valence-electron chi connectivity index (χ1n) is 5.15. The predicted molar refractivity (Wildman–Crippen MR) is 60.4 cm³/mol. The van der Waals surface area contributed by atoms with E-state index in [1.54, 1.807) is 0 Å². The Morgan fingerprint density at radius 2 is 2.29 bits per heavy atom. The van der Waals surface area contributed by atoms with E-state index in [1.807, 2.05) is 6.92 Å². The van der Waals surface area contributed by atoms with E-state index in [-0.39, 0.29) is 17.3 Å². The average Bonchev–Trinajstić information content (AvgIpc) is 2.10. The molecule has 0 saturated heterocycles. The third-order valence-corrected chi connectivity index (χ3v) is 3.25. The Kier molecular flexibility index (Phi) is 3.65. The molecule has 0 bridgehead atoms. The van der Waals surface area contributed by atoms with Crippen molar-refractivity contribution in [3.63, 3.8) is 0 Å². The molecule has 3 heteroatoms. The highest BCUT2D eigenvalue weighted by atomic mass is 32.1. The van der Waals surface area contributed by atoms with Crippen molar-refractivity contribution in [1.82, 2.24) is 0 Å². The molecule has 0 amide bonds. The Hall–Kier alpha value is -0.440. The van der Waals surface area contributed by atoms with E-state index in [0.29, 0.717) is 6.61 Å². The Balaban J connectivity index is 2.66. The molecule has 1 aliphatic carbocycles. The van der Waals surface area contributed by atoms with Gasteiger partial charge in [0.25, 0.3) is 0 Å². The molecule has 0 spiro atoms. The summed E-state index contributed by atoms with van der Waals surface area (Å²) in [5.74, 6) is -0.279. The molecule has 0 aromatic rings. The average molecular weight is 214 g/mol. The molecule has 1 atom stereocenters. The molecule has 80 valence electrons. The first-order chi connectivity index (χ1) is 6.46. The molecule has 14 heavy (non-hydrogen) atoms. The maximum Gasteiger partial charge on any atom is 0.313 e. The SMILES string of the molecule is CCOC(=O)C1CC(C)(C)CCC1=S. The van der Waals surface area contributed by atoms with Crippen molar-refractivity contribution in [3.8, 4) is 0 Å². The molecule has 0 N–H and O–H groups in total. The third kappa shape index (κ3) is 2.77. The fraction of sp³-hybridized carbons (Fsp3) is 0.818. The Morgan fingerprint density at radius 1 is 1.64 bits per heavy atom. The predicted octanol–water partition coefficient (Wildman–Crippen LogP) is 2.75. The van der Waals surface area contributed by atoms with Gasteiger partial charge in [0.05, 0.1) is 12.5 Å². The van der Waals surface area contributed by atoms with Crippen LogP contribution in [0.25, 0.3) is 0 Å². The molecule has 0 radical (unpaired) electrons. The summed E-state index contributed by atoms with van der Waals surface area (Å²) in [6.07, 6.45) is 2.80. The van der Waals surface area contributed by atoms with E-state index in [1.165, 1.54) is 0 Å². The van der Waals surface area contributed by atoms with Crippen LogP contribution in [0.2, 0.25) is 0 Å². The van der Waals surface area contributed by atoms with Crippen LogP contribution < -0.4 is 0 Å². The number of rotatable bonds is 2. The van der Waals surface area contributed by atoms with E-state index in [9.17, 15) is 4.79 Å². The summed E-state index contributed by atoms with van der Waals surface area (Å²) in [5, 5.41) is 0. The van der Waals surface area contributed by atoms with Gasteiger partial charge in [0.2, 0.25) is 0 Å². The number of hydrogen-bond donors (Lipinski definition) is 0. The van der Waals surface area contributed by atoms with Crippen molar-refractivity contribution >= 4 is 23.1 Å². The van der Waals surface area contributed by atoms with Gasteiger partial charge >= 0.3 is 5.97 Å². The highest BCUT2D eigenvalue weighted by molar-refractivity contribution is 7.80. The lowest BCUT2D eigenvalue weighted by atomic mass is 9.72. The molecule has 1 saturated carbocycles. The van der Waals surface area contributed by atoms with E-state index in [0.717, 1.165) is 24.1 Å². The second-order valence-corrected chi connectivity index (χ2v) is 5.16. The monoisotopic (exact) mass is 214 g/mol. The van der Waals surface area contributed by atoms with Crippen LogP contribution in [0.3, 0.4) is 0 Å². The zero-order valence-electron chi connectivity index (χ0n) is 9.13. The van der Waals surface area contributed by atoms with Crippen LogP contribution in [0.4, 0.5) is 0 Å². The molecule has 1 aliphatic rings. The third-order valence-electron chi connectivity index (χ3n) is 2.76. The van der Waals surface area contributed by atoms with Crippen molar-refractivity contribution in [1.29, 1.82) is 0 Å². The molecule has 0 aromatic heterocycles. The van der Waals surface area contributed by atoms with Crippen LogP contribution in [-0.2, 0) is 9.53 Å². The zero-order valence-corrected chi connectivity index (χ0v) is 9.95. The van der Waals surface area contributed by atoms with Crippen molar-refractivity contribution in [2.24, 2.45) is 11.3 Å². The normalized spacial score (nSPS) is 25.9. The Bertz CT molecular complexity index is 246. The largest absolute Gasteiger partial charge is 0.466 e. The topological polar surface area (TPSA) is 26.3 Å². The molecule has 0 aliphatic heterocycles. The summed E-state index contributed by atoms with van der Waals surface area (Å²) >= 11 is 5.22. The molecule has 0 aromatic carbocycles. The first kappa shape index (κ1) is 11.6. The number of carbonyl (C=O) groups excluding carboxylic acids is 1. The van der Waals surface area contributed by atoms with Gasteiger partial charge in [-0.05, 0) is 31.6 Å². The molecule has 1 unspecified atom stereocenters. The minimum absolute atomic E-state index is 0.134. The van der Waals surface area contributed by atoms with Crippen LogP contribution in [0.15, 0.2) is 0 Å². The smallest absolute Gasteiger partial charge is 0.313 e. The van der Waals surface area contributed by atoms with E-state index in [4.69, 9.17) is 17.0 Å². The second kappa shape index (κ2) is 4.39. The van der Waals surface area contributed by atoms with Crippen LogP contribution in [0, 0.1) is 11.3 Å². The van der Waals surface area contributed by atoms with E-state index >= 15 is 0 Å². The van der Waals surface area contributed by atoms with Gasteiger partial charge in [-0.25, -0.2) is 0 Å². The van der Waals surface area contributed by atoms with Crippen molar-refractivity contribution in [3.05, 3.63) is 0 Å². The summed E-state index contributed by atoms with van der Waals surface area (Å²) < 4.78 is 5.02. The van der Waals surface area contributed by atoms with E-state index < -0.39 is 0 Å². The molecule has 1 fully saturated rings. The fourth-order valence-electron chi connectivity index (χ4n) is 1.86. The number of thiocarbonyl (C=S) groups is 1. The van der Waals surface area contributed by atoms with Gasteiger partial charge in [-0.15, -0.1) is 0 Å². The van der Waals surface area contributed by atoms with Crippen molar-refractivity contribution in [2.45, 2.75) is 40.0 Å². The lowest BCUT2D eigenvalue weighted by Crippen LogP contribution is -2.35. The zero-order chi connectivity index (χ0) is 10.8. The van der Waals surface area contributed by atoms with Gasteiger partial charge in [-0.1, -0.05) is 26.1 Å². The maximum absolute atomic E-state index is 11.6. The minimum Gasteiger partial charge on any atom is -0.466 e. The summed E-state index contributed by atoms with van der Waals surface area (Å²) in [7, 11) is 0. The summed E-state index contributed by atoms with van der Waals surface area (Å²) in [5.41, 5.74) is 0.222. The van der Waals surface area contributed by atoms with Crippen LogP contribution in [-0.4, -0.2) is 17.4 Å². The van der Waals surface area contributed by atoms with Gasteiger partial charge in [0.15, 0.2) is 0 Å². The molecular formula is C11H18O2S.